The number of benzene rings is 1. The molecule has 0 radical (unpaired) electrons. The maximum atomic E-state index is 13.1. The minimum absolute atomic E-state index is 0.170. The molecule has 0 amide bonds. The van der Waals surface area contributed by atoms with Crippen molar-refractivity contribution in [3.8, 4) is 0 Å². The van der Waals surface area contributed by atoms with Gasteiger partial charge in [0.1, 0.15) is 11.9 Å². The lowest BCUT2D eigenvalue weighted by Crippen LogP contribution is -2.24. The zero-order valence-electron chi connectivity index (χ0n) is 14.8. The van der Waals surface area contributed by atoms with Crippen molar-refractivity contribution in [3.05, 3.63) is 83.5 Å². The van der Waals surface area contributed by atoms with Crippen molar-refractivity contribution in [3.63, 3.8) is 0 Å². The molecule has 0 saturated heterocycles. The van der Waals surface area contributed by atoms with Crippen LogP contribution in [0.1, 0.15) is 5.69 Å². The Bertz CT molecular complexity index is 1290. The molecule has 0 saturated carbocycles. The molecule has 8 heteroatoms. The third-order valence-electron chi connectivity index (χ3n) is 4.55. The minimum atomic E-state index is -0.170. The van der Waals surface area contributed by atoms with E-state index in [0.717, 1.165) is 16.7 Å². The topological polar surface area (TPSA) is 90.3 Å². The second-order valence-electron chi connectivity index (χ2n) is 6.35. The van der Waals surface area contributed by atoms with Crippen molar-refractivity contribution in [1.29, 1.82) is 0 Å². The second kappa shape index (κ2) is 6.66. The first-order chi connectivity index (χ1) is 13.8. The molecule has 0 bridgehead atoms. The van der Waals surface area contributed by atoms with Gasteiger partial charge in [-0.25, -0.2) is 14.6 Å². The van der Waals surface area contributed by atoms with E-state index in [2.05, 4.69) is 20.4 Å². The number of fused-ring (bicyclic) bond motifs is 2. The van der Waals surface area contributed by atoms with E-state index in [-0.39, 0.29) is 5.56 Å². The summed E-state index contributed by atoms with van der Waals surface area (Å²) in [5.74, 6) is 0. The number of nitrogens with one attached hydrogen (secondary N) is 1. The molecular formula is C20H16N6O2. The normalized spacial score (nSPS) is 11.3. The van der Waals surface area contributed by atoms with Crippen molar-refractivity contribution in [2.45, 2.75) is 13.0 Å². The Hall–Kier alpha value is -3.94. The summed E-state index contributed by atoms with van der Waals surface area (Å²) in [5, 5.41) is 8.67. The van der Waals surface area contributed by atoms with Crippen molar-refractivity contribution in [2.24, 2.45) is 0 Å². The number of oxazole rings is 1. The van der Waals surface area contributed by atoms with Crippen LogP contribution in [-0.4, -0.2) is 24.1 Å². The SMILES string of the molecule is O=c1c2c(Nc3ncco3)cccc2cnn1CCc1cn2ccccc2n1. The quantitative estimate of drug-likeness (QED) is 0.510. The van der Waals surface area contributed by atoms with Gasteiger partial charge in [-0.3, -0.25) is 4.79 Å². The van der Waals surface area contributed by atoms with Crippen molar-refractivity contribution in [2.75, 3.05) is 5.32 Å². The Kier molecular flexibility index (Phi) is 3.86. The summed E-state index contributed by atoms with van der Waals surface area (Å²) in [4.78, 5) is 21.7. The van der Waals surface area contributed by atoms with Crippen LogP contribution < -0.4 is 10.9 Å². The van der Waals surface area contributed by atoms with Gasteiger partial charge >= 0.3 is 0 Å². The number of rotatable bonds is 5. The van der Waals surface area contributed by atoms with Crippen molar-refractivity contribution < 1.29 is 4.42 Å². The summed E-state index contributed by atoms with van der Waals surface area (Å²) in [7, 11) is 0. The van der Waals surface area contributed by atoms with Crippen LogP contribution in [0, 0.1) is 0 Å². The summed E-state index contributed by atoms with van der Waals surface area (Å²) in [6.07, 6.45) is 9.24. The Labute approximate surface area is 159 Å². The van der Waals surface area contributed by atoms with Gasteiger partial charge in [0, 0.05) is 24.2 Å². The summed E-state index contributed by atoms with van der Waals surface area (Å²) in [6, 6.07) is 11.7. The van der Waals surface area contributed by atoms with Gasteiger partial charge in [0.15, 0.2) is 0 Å². The van der Waals surface area contributed by atoms with Gasteiger partial charge in [-0.05, 0) is 18.2 Å². The van der Waals surface area contributed by atoms with Crippen LogP contribution in [0.25, 0.3) is 16.4 Å². The largest absolute Gasteiger partial charge is 0.432 e. The lowest BCUT2D eigenvalue weighted by atomic mass is 10.1. The van der Waals surface area contributed by atoms with Crippen LogP contribution >= 0.6 is 0 Å². The smallest absolute Gasteiger partial charge is 0.299 e. The molecule has 1 N–H and O–H groups in total. The summed E-state index contributed by atoms with van der Waals surface area (Å²) < 4.78 is 8.66. The number of aromatic nitrogens is 5. The number of aryl methyl sites for hydroxylation is 2. The lowest BCUT2D eigenvalue weighted by Gasteiger charge is -2.09. The molecule has 1 aromatic carbocycles. The predicted octanol–water partition coefficient (Wildman–Crippen LogP) is 3.02. The predicted molar refractivity (Wildman–Crippen MR) is 105 cm³/mol. The molecule has 4 aromatic heterocycles. The Morgan fingerprint density at radius 3 is 2.96 bits per heavy atom. The van der Waals surface area contributed by atoms with Crippen LogP contribution in [0.2, 0.25) is 0 Å². The number of nitrogens with zero attached hydrogens (tertiary/aromatic N) is 5. The van der Waals surface area contributed by atoms with Crippen LogP contribution in [0.4, 0.5) is 11.7 Å². The number of pyridine rings is 1. The number of hydrogen-bond donors (Lipinski definition) is 1. The Morgan fingerprint density at radius 2 is 2.11 bits per heavy atom. The summed E-state index contributed by atoms with van der Waals surface area (Å²) in [6.45, 7) is 0.436. The van der Waals surface area contributed by atoms with E-state index in [4.69, 9.17) is 4.42 Å². The summed E-state index contributed by atoms with van der Waals surface area (Å²) in [5.41, 5.74) is 2.25. The molecule has 0 aliphatic carbocycles. The van der Waals surface area contributed by atoms with Gasteiger partial charge < -0.3 is 14.1 Å². The van der Waals surface area contributed by atoms with E-state index in [1.54, 1.807) is 12.4 Å². The highest BCUT2D eigenvalue weighted by molar-refractivity contribution is 5.93. The van der Waals surface area contributed by atoms with E-state index < -0.39 is 0 Å². The molecule has 0 aliphatic heterocycles. The monoisotopic (exact) mass is 372 g/mol. The molecule has 138 valence electrons. The molecule has 28 heavy (non-hydrogen) atoms. The first-order valence-corrected chi connectivity index (χ1v) is 8.86. The third kappa shape index (κ3) is 2.90. The summed E-state index contributed by atoms with van der Waals surface area (Å²) >= 11 is 0. The van der Waals surface area contributed by atoms with Gasteiger partial charge in [0.05, 0.1) is 35.7 Å². The molecule has 0 unspecified atom stereocenters. The van der Waals surface area contributed by atoms with E-state index in [1.807, 2.05) is 53.2 Å². The molecular weight excluding hydrogens is 356 g/mol. The van der Waals surface area contributed by atoms with Gasteiger partial charge in [0.25, 0.3) is 11.6 Å². The van der Waals surface area contributed by atoms with E-state index in [0.29, 0.717) is 30.1 Å². The number of hydrogen-bond acceptors (Lipinski definition) is 6. The molecule has 0 fully saturated rings. The minimum Gasteiger partial charge on any atom is -0.432 e. The Balaban J connectivity index is 1.47. The standard InChI is InChI=1S/C20H16N6O2/c27-19-18-14(4-3-5-16(18)24-20-21-8-11-28-20)12-22-26(19)10-7-15-13-25-9-2-1-6-17(25)23-15/h1-6,8-9,11-13H,7,10H2,(H,21,24). The highest BCUT2D eigenvalue weighted by Crippen LogP contribution is 2.22. The molecule has 0 atom stereocenters. The van der Waals surface area contributed by atoms with Gasteiger partial charge in [0.2, 0.25) is 0 Å². The maximum absolute atomic E-state index is 13.1. The highest BCUT2D eigenvalue weighted by Gasteiger charge is 2.11. The highest BCUT2D eigenvalue weighted by atomic mass is 16.4. The third-order valence-corrected chi connectivity index (χ3v) is 4.55. The fourth-order valence-corrected chi connectivity index (χ4v) is 3.22. The van der Waals surface area contributed by atoms with Crippen LogP contribution in [0.5, 0.6) is 0 Å². The fourth-order valence-electron chi connectivity index (χ4n) is 3.22. The number of imidazole rings is 1. The molecule has 0 aliphatic rings. The van der Waals surface area contributed by atoms with Crippen molar-refractivity contribution in [1.82, 2.24) is 24.1 Å². The average Bonchev–Trinajstić information content (AvgIpc) is 3.36. The molecule has 5 aromatic rings. The molecule has 0 spiro atoms. The second-order valence-corrected chi connectivity index (χ2v) is 6.35. The first-order valence-electron chi connectivity index (χ1n) is 8.86. The molecule has 8 nitrogen and oxygen atoms in total. The van der Waals surface area contributed by atoms with Gasteiger partial charge in [-0.1, -0.05) is 18.2 Å². The van der Waals surface area contributed by atoms with E-state index in [9.17, 15) is 4.79 Å². The van der Waals surface area contributed by atoms with Gasteiger partial charge in [-0.15, -0.1) is 0 Å². The average molecular weight is 372 g/mol. The zero-order valence-corrected chi connectivity index (χ0v) is 14.8. The van der Waals surface area contributed by atoms with E-state index >= 15 is 0 Å². The maximum Gasteiger partial charge on any atom is 0.299 e. The molecule has 5 rings (SSSR count). The van der Waals surface area contributed by atoms with Crippen LogP contribution in [0.15, 0.2) is 76.7 Å². The first kappa shape index (κ1) is 16.2. The fraction of sp³-hybridized carbons (Fsp3) is 0.100. The van der Waals surface area contributed by atoms with Crippen LogP contribution in [-0.2, 0) is 13.0 Å². The molecule has 4 heterocycles. The van der Waals surface area contributed by atoms with Crippen molar-refractivity contribution >= 4 is 28.1 Å². The van der Waals surface area contributed by atoms with Gasteiger partial charge in [-0.2, -0.15) is 5.10 Å². The zero-order chi connectivity index (χ0) is 18.9. The van der Waals surface area contributed by atoms with Crippen LogP contribution in [0.3, 0.4) is 0 Å². The number of anilines is 2. The van der Waals surface area contributed by atoms with E-state index in [1.165, 1.54) is 10.9 Å². The lowest BCUT2D eigenvalue weighted by molar-refractivity contribution is 0.576. The Morgan fingerprint density at radius 1 is 1.14 bits per heavy atom.